The highest BCUT2D eigenvalue weighted by atomic mass is 31.2. The van der Waals surface area contributed by atoms with E-state index in [1.165, 1.54) is 18.0 Å². The molecule has 96 valence electrons. The third-order valence-corrected chi connectivity index (χ3v) is 4.07. The van der Waals surface area contributed by atoms with Crippen LogP contribution in [0.3, 0.4) is 0 Å². The highest BCUT2D eigenvalue weighted by molar-refractivity contribution is 7.61. The molecule has 2 rings (SSSR count). The lowest BCUT2D eigenvalue weighted by Crippen LogP contribution is -2.36. The molecule has 18 heavy (non-hydrogen) atoms. The Balaban J connectivity index is 2.78. The molecule has 1 unspecified atom stereocenters. The summed E-state index contributed by atoms with van der Waals surface area (Å²) >= 11 is 0. The van der Waals surface area contributed by atoms with Crippen LogP contribution in [0, 0.1) is 0 Å². The molecule has 1 aromatic heterocycles. The number of aromatic nitrogens is 2. The third-order valence-electron chi connectivity index (χ3n) is 2.61. The Morgan fingerprint density at radius 3 is 2.72 bits per heavy atom. The minimum Gasteiger partial charge on any atom is -0.497 e. The van der Waals surface area contributed by atoms with Crippen molar-refractivity contribution in [1.29, 1.82) is 0 Å². The van der Waals surface area contributed by atoms with Crippen molar-refractivity contribution in [2.45, 2.75) is 0 Å². The zero-order chi connectivity index (χ0) is 13.3. The molecule has 0 radical (unpaired) electrons. The first-order valence-electron chi connectivity index (χ1n) is 5.22. The molecule has 1 aromatic carbocycles. The summed E-state index contributed by atoms with van der Waals surface area (Å²) < 4.78 is 23.2. The molecule has 1 atom stereocenters. The fourth-order valence-electron chi connectivity index (χ4n) is 1.71. The van der Waals surface area contributed by atoms with Gasteiger partial charge in [-0.3, -0.25) is 4.57 Å². The molecular formula is C11H14N2O4P+. The molecule has 0 bridgehead atoms. The minimum absolute atomic E-state index is 0.222. The van der Waals surface area contributed by atoms with Crippen molar-refractivity contribution < 1.29 is 23.4 Å². The normalized spacial score (nSPS) is 14.4. The molecule has 7 heteroatoms. The van der Waals surface area contributed by atoms with Gasteiger partial charge < -0.3 is 14.2 Å². The Labute approximate surface area is 104 Å². The zero-order valence-electron chi connectivity index (χ0n) is 10.3. The Kier molecular flexibility index (Phi) is 3.34. The quantitative estimate of drug-likeness (QED) is 0.650. The van der Waals surface area contributed by atoms with Crippen LogP contribution in [0.15, 0.2) is 24.4 Å². The second kappa shape index (κ2) is 4.65. The monoisotopic (exact) mass is 269 g/mol. The van der Waals surface area contributed by atoms with Gasteiger partial charge in [-0.1, -0.05) is 4.68 Å². The van der Waals surface area contributed by atoms with E-state index in [1.54, 1.807) is 32.4 Å². The van der Waals surface area contributed by atoms with Crippen LogP contribution in [-0.4, -0.2) is 24.2 Å². The van der Waals surface area contributed by atoms with Crippen LogP contribution in [0.25, 0.3) is 10.9 Å². The maximum atomic E-state index is 12.0. The van der Waals surface area contributed by atoms with Crippen molar-refractivity contribution in [1.82, 2.24) is 5.10 Å². The first-order valence-corrected chi connectivity index (χ1v) is 6.79. The molecule has 1 heterocycles. The molecule has 0 fully saturated rings. The number of ether oxygens (including phenoxy) is 1. The van der Waals surface area contributed by atoms with Gasteiger partial charge in [0.05, 0.1) is 7.11 Å². The van der Waals surface area contributed by atoms with Gasteiger partial charge in [0.15, 0.2) is 7.05 Å². The molecule has 0 aliphatic heterocycles. The van der Waals surface area contributed by atoms with E-state index in [2.05, 4.69) is 9.62 Å². The standard InChI is InChI=1S/C11H13N2O4P/c1-13-7-11(18(14,15)17-3)9-5-4-8(16-2)6-10(9)12-13/h4-7H,1-3H3/p+1. The molecule has 0 aliphatic rings. The fourth-order valence-corrected chi connectivity index (χ4v) is 2.71. The molecule has 2 aromatic rings. The maximum Gasteiger partial charge on any atom is 0.365 e. The van der Waals surface area contributed by atoms with Crippen molar-refractivity contribution in [2.75, 3.05) is 14.2 Å². The maximum absolute atomic E-state index is 12.0. The Hall–Kier alpha value is -1.49. The van der Waals surface area contributed by atoms with Crippen LogP contribution in [-0.2, 0) is 16.1 Å². The van der Waals surface area contributed by atoms with Crippen LogP contribution in [0.5, 0.6) is 5.75 Å². The van der Waals surface area contributed by atoms with Gasteiger partial charge in [-0.2, -0.15) is 0 Å². The highest BCUT2D eigenvalue weighted by Gasteiger charge is 2.28. The van der Waals surface area contributed by atoms with Gasteiger partial charge in [0.25, 0.3) is 0 Å². The van der Waals surface area contributed by atoms with Gasteiger partial charge in [-0.25, -0.2) is 0 Å². The first kappa shape index (κ1) is 13.0. The summed E-state index contributed by atoms with van der Waals surface area (Å²) in [6.45, 7) is 0. The number of hydrogen-bond acceptors (Lipinski definition) is 4. The molecule has 0 amide bonds. The average molecular weight is 269 g/mol. The minimum atomic E-state index is -3.82. The van der Waals surface area contributed by atoms with E-state index in [0.29, 0.717) is 16.7 Å². The molecule has 6 nitrogen and oxygen atoms in total. The number of hydrogen-bond donors (Lipinski definition) is 1. The summed E-state index contributed by atoms with van der Waals surface area (Å²) in [5, 5.41) is 5.03. The van der Waals surface area contributed by atoms with Crippen molar-refractivity contribution >= 4 is 23.8 Å². The Morgan fingerprint density at radius 1 is 1.39 bits per heavy atom. The summed E-state index contributed by atoms with van der Waals surface area (Å²) in [7, 11) is 0.613. The van der Waals surface area contributed by atoms with E-state index in [9.17, 15) is 9.46 Å². The van der Waals surface area contributed by atoms with Gasteiger partial charge >= 0.3 is 7.60 Å². The largest absolute Gasteiger partial charge is 0.497 e. The predicted octanol–water partition coefficient (Wildman–Crippen LogP) is 0.525. The number of benzene rings is 1. The lowest BCUT2D eigenvalue weighted by Gasteiger charge is -2.09. The smallest absolute Gasteiger partial charge is 0.365 e. The van der Waals surface area contributed by atoms with Gasteiger partial charge in [0.1, 0.15) is 16.6 Å². The van der Waals surface area contributed by atoms with Gasteiger partial charge in [-0.05, 0) is 17.2 Å². The number of fused-ring (bicyclic) bond motifs is 1. The third kappa shape index (κ3) is 2.22. The van der Waals surface area contributed by atoms with Gasteiger partial charge in [-0.15, -0.1) is 0 Å². The van der Waals surface area contributed by atoms with Gasteiger partial charge in [0.2, 0.25) is 6.20 Å². The van der Waals surface area contributed by atoms with Crippen molar-refractivity contribution in [3.63, 3.8) is 0 Å². The van der Waals surface area contributed by atoms with E-state index in [1.807, 2.05) is 0 Å². The Morgan fingerprint density at radius 2 is 2.11 bits per heavy atom. The first-order chi connectivity index (χ1) is 8.47. The van der Waals surface area contributed by atoms with Crippen molar-refractivity contribution in [2.24, 2.45) is 7.05 Å². The average Bonchev–Trinajstić information content (AvgIpc) is 2.36. The van der Waals surface area contributed by atoms with Crippen LogP contribution in [0.2, 0.25) is 0 Å². The number of nitrogens with zero attached hydrogens (tertiary/aromatic N) is 2. The molecule has 0 aliphatic carbocycles. The molecule has 0 saturated heterocycles. The summed E-state index contributed by atoms with van der Waals surface area (Å²) in [5.41, 5.74) is 0.570. The fraction of sp³-hybridized carbons (Fsp3) is 0.273. The van der Waals surface area contributed by atoms with Crippen LogP contribution in [0.4, 0.5) is 0 Å². The SMILES string of the molecule is COc1ccc2c(P(=O)(O)OC)c[n+](C)nc2c1. The predicted molar refractivity (Wildman–Crippen MR) is 65.9 cm³/mol. The second-order valence-corrected chi connectivity index (χ2v) is 5.66. The lowest BCUT2D eigenvalue weighted by atomic mass is 10.2. The zero-order valence-corrected chi connectivity index (χ0v) is 11.2. The topological polar surface area (TPSA) is 72.5 Å². The summed E-state index contributed by atoms with van der Waals surface area (Å²) in [6, 6.07) is 5.11. The molecular weight excluding hydrogens is 255 g/mol. The second-order valence-electron chi connectivity index (χ2n) is 3.77. The van der Waals surface area contributed by atoms with Crippen LogP contribution >= 0.6 is 7.60 Å². The number of rotatable bonds is 3. The van der Waals surface area contributed by atoms with E-state index < -0.39 is 7.60 Å². The van der Waals surface area contributed by atoms with E-state index in [0.717, 1.165) is 0 Å². The summed E-state index contributed by atoms with van der Waals surface area (Å²) in [4.78, 5) is 9.80. The van der Waals surface area contributed by atoms with E-state index >= 15 is 0 Å². The van der Waals surface area contributed by atoms with Crippen LogP contribution in [0.1, 0.15) is 0 Å². The lowest BCUT2D eigenvalue weighted by molar-refractivity contribution is -0.727. The summed E-state index contributed by atoms with van der Waals surface area (Å²) in [5.74, 6) is 0.636. The molecule has 0 saturated carbocycles. The number of methoxy groups -OCH3 is 1. The van der Waals surface area contributed by atoms with Crippen LogP contribution < -0.4 is 14.7 Å². The van der Waals surface area contributed by atoms with Crippen molar-refractivity contribution in [3.05, 3.63) is 24.4 Å². The number of aryl methyl sites for hydroxylation is 1. The van der Waals surface area contributed by atoms with Crippen molar-refractivity contribution in [3.8, 4) is 5.75 Å². The summed E-state index contributed by atoms with van der Waals surface area (Å²) in [6.07, 6.45) is 1.49. The van der Waals surface area contributed by atoms with E-state index in [-0.39, 0.29) is 5.30 Å². The molecule has 1 N–H and O–H groups in total. The van der Waals surface area contributed by atoms with Gasteiger partial charge in [0, 0.05) is 18.6 Å². The Bertz CT molecular complexity index is 644. The van der Waals surface area contributed by atoms with E-state index in [4.69, 9.17) is 4.74 Å². The highest BCUT2D eigenvalue weighted by Crippen LogP contribution is 2.41. The molecule has 0 spiro atoms.